The average molecular weight is 381 g/mol. The minimum atomic E-state index is 0.0407. The summed E-state index contributed by atoms with van der Waals surface area (Å²) < 4.78 is 5.14. The van der Waals surface area contributed by atoms with E-state index in [0.717, 1.165) is 38.2 Å². The van der Waals surface area contributed by atoms with Crippen LogP contribution in [-0.2, 0) is 16.1 Å². The average Bonchev–Trinajstić information content (AvgIpc) is 2.68. The molecule has 2 aromatic rings. The van der Waals surface area contributed by atoms with E-state index in [1.54, 1.807) is 7.11 Å². The highest BCUT2D eigenvalue weighted by Gasteiger charge is 2.29. The van der Waals surface area contributed by atoms with Gasteiger partial charge in [0.25, 0.3) is 5.91 Å². The van der Waals surface area contributed by atoms with Crippen LogP contribution >= 0.6 is 0 Å². The molecule has 150 valence electrons. The van der Waals surface area contributed by atoms with Crippen molar-refractivity contribution in [3.63, 3.8) is 0 Å². The minimum absolute atomic E-state index is 0.0407. The van der Waals surface area contributed by atoms with Crippen molar-refractivity contribution in [1.82, 2.24) is 4.90 Å². The predicted molar refractivity (Wildman–Crippen MR) is 115 cm³/mol. The van der Waals surface area contributed by atoms with Crippen LogP contribution in [0.2, 0.25) is 0 Å². The number of carbonyl (C=O) groups excluding carboxylic acids is 1. The number of aryl methyl sites for hydroxylation is 3. The molecule has 0 saturated carbocycles. The lowest BCUT2D eigenvalue weighted by Crippen LogP contribution is -2.48. The number of amides is 1. The summed E-state index contributed by atoms with van der Waals surface area (Å²) in [7, 11) is 1.58. The SMILES string of the molecule is COCC(=O)N(c1ccc(C)cc1)C1CCN(Cc2ccc(C)c(C)c2)CC1. The van der Waals surface area contributed by atoms with E-state index in [2.05, 4.69) is 56.0 Å². The standard InChI is InChI=1S/C24H32N2O2/c1-18-5-9-22(10-6-18)26(24(27)17-28-4)23-11-13-25(14-12-23)16-21-8-7-19(2)20(3)15-21/h5-10,15,23H,11-14,16-17H2,1-4H3. The quantitative estimate of drug-likeness (QED) is 0.751. The molecule has 1 aliphatic rings. The van der Waals surface area contributed by atoms with Crippen LogP contribution in [0.15, 0.2) is 42.5 Å². The fourth-order valence-corrected chi connectivity index (χ4v) is 3.95. The third-order valence-corrected chi connectivity index (χ3v) is 5.75. The van der Waals surface area contributed by atoms with Gasteiger partial charge in [0.2, 0.25) is 0 Å². The Hall–Kier alpha value is -2.17. The van der Waals surface area contributed by atoms with Gasteiger partial charge in [-0.2, -0.15) is 0 Å². The van der Waals surface area contributed by atoms with Gasteiger partial charge in [-0.3, -0.25) is 9.69 Å². The highest BCUT2D eigenvalue weighted by molar-refractivity contribution is 5.94. The van der Waals surface area contributed by atoms with Crippen molar-refractivity contribution in [3.8, 4) is 0 Å². The zero-order valence-electron chi connectivity index (χ0n) is 17.6. The summed E-state index contributed by atoms with van der Waals surface area (Å²) in [5.74, 6) is 0.0407. The number of rotatable bonds is 6. The monoisotopic (exact) mass is 380 g/mol. The van der Waals surface area contributed by atoms with Gasteiger partial charge in [-0.1, -0.05) is 35.9 Å². The Morgan fingerprint density at radius 2 is 1.71 bits per heavy atom. The van der Waals surface area contributed by atoms with Gasteiger partial charge >= 0.3 is 0 Å². The van der Waals surface area contributed by atoms with Crippen molar-refractivity contribution >= 4 is 11.6 Å². The largest absolute Gasteiger partial charge is 0.375 e. The molecule has 1 amide bonds. The molecule has 0 radical (unpaired) electrons. The van der Waals surface area contributed by atoms with E-state index in [0.29, 0.717) is 0 Å². The lowest BCUT2D eigenvalue weighted by molar-refractivity contribution is -0.122. The molecule has 0 N–H and O–H groups in total. The molecule has 0 aliphatic carbocycles. The highest BCUT2D eigenvalue weighted by atomic mass is 16.5. The smallest absolute Gasteiger partial charge is 0.253 e. The summed E-state index contributed by atoms with van der Waals surface area (Å²) in [5.41, 5.74) is 6.23. The fourth-order valence-electron chi connectivity index (χ4n) is 3.95. The summed E-state index contributed by atoms with van der Waals surface area (Å²) in [6.45, 7) is 9.49. The Labute approximate surface area is 169 Å². The molecule has 0 aromatic heterocycles. The summed E-state index contributed by atoms with van der Waals surface area (Å²) >= 11 is 0. The van der Waals surface area contributed by atoms with Crippen molar-refractivity contribution < 1.29 is 9.53 Å². The normalized spacial score (nSPS) is 15.6. The molecule has 28 heavy (non-hydrogen) atoms. The number of benzene rings is 2. The molecule has 4 heteroatoms. The summed E-state index contributed by atoms with van der Waals surface area (Å²) in [6.07, 6.45) is 1.96. The first-order valence-electron chi connectivity index (χ1n) is 10.1. The second-order valence-electron chi connectivity index (χ2n) is 7.96. The third kappa shape index (κ3) is 5.00. The van der Waals surface area contributed by atoms with Gasteiger partial charge in [0, 0.05) is 38.5 Å². The van der Waals surface area contributed by atoms with E-state index in [1.165, 1.54) is 22.3 Å². The number of nitrogens with zero attached hydrogens (tertiary/aromatic N) is 2. The molecule has 1 heterocycles. The second-order valence-corrected chi connectivity index (χ2v) is 7.96. The topological polar surface area (TPSA) is 32.8 Å². The summed E-state index contributed by atoms with van der Waals surface area (Å²) in [4.78, 5) is 17.2. The van der Waals surface area contributed by atoms with Crippen molar-refractivity contribution in [2.75, 3.05) is 31.7 Å². The molecule has 0 unspecified atom stereocenters. The van der Waals surface area contributed by atoms with Crippen LogP contribution < -0.4 is 4.90 Å². The zero-order valence-corrected chi connectivity index (χ0v) is 17.6. The van der Waals surface area contributed by atoms with Gasteiger partial charge in [0.1, 0.15) is 6.61 Å². The second kappa shape index (κ2) is 9.35. The molecule has 3 rings (SSSR count). The number of anilines is 1. The molecular formula is C24H32N2O2. The van der Waals surface area contributed by atoms with Crippen LogP contribution in [0.25, 0.3) is 0 Å². The fraction of sp³-hybridized carbons (Fsp3) is 0.458. The number of hydrogen-bond acceptors (Lipinski definition) is 3. The number of hydrogen-bond donors (Lipinski definition) is 0. The van der Waals surface area contributed by atoms with Gasteiger partial charge in [-0.25, -0.2) is 0 Å². The minimum Gasteiger partial charge on any atom is -0.375 e. The zero-order chi connectivity index (χ0) is 20.1. The molecule has 0 bridgehead atoms. The first-order chi connectivity index (χ1) is 13.5. The van der Waals surface area contributed by atoms with Crippen molar-refractivity contribution in [3.05, 3.63) is 64.7 Å². The molecule has 0 atom stereocenters. The molecule has 1 aliphatic heterocycles. The van der Waals surface area contributed by atoms with Gasteiger partial charge in [-0.15, -0.1) is 0 Å². The Bertz CT molecular complexity index is 793. The number of piperidine rings is 1. The van der Waals surface area contributed by atoms with Crippen LogP contribution in [0.3, 0.4) is 0 Å². The molecule has 1 fully saturated rings. The summed E-state index contributed by atoms with van der Waals surface area (Å²) in [6, 6.07) is 15.2. The van der Waals surface area contributed by atoms with Gasteiger partial charge in [0.05, 0.1) is 0 Å². The van der Waals surface area contributed by atoms with Crippen LogP contribution in [0.5, 0.6) is 0 Å². The molecule has 1 saturated heterocycles. The molecule has 0 spiro atoms. The first kappa shape index (κ1) is 20.6. The molecular weight excluding hydrogens is 348 g/mol. The number of likely N-dealkylation sites (tertiary alicyclic amines) is 1. The van der Waals surface area contributed by atoms with Crippen LogP contribution in [0, 0.1) is 20.8 Å². The van der Waals surface area contributed by atoms with Crippen molar-refractivity contribution in [2.24, 2.45) is 0 Å². The number of carbonyl (C=O) groups is 1. The third-order valence-electron chi connectivity index (χ3n) is 5.75. The molecule has 4 nitrogen and oxygen atoms in total. The van der Waals surface area contributed by atoms with Gasteiger partial charge in [-0.05, 0) is 62.4 Å². The maximum atomic E-state index is 12.8. The van der Waals surface area contributed by atoms with Crippen LogP contribution in [-0.4, -0.2) is 43.7 Å². The van der Waals surface area contributed by atoms with Crippen molar-refractivity contribution in [2.45, 2.75) is 46.2 Å². The first-order valence-corrected chi connectivity index (χ1v) is 10.1. The maximum absolute atomic E-state index is 12.8. The Morgan fingerprint density at radius 1 is 1.04 bits per heavy atom. The van der Waals surface area contributed by atoms with Gasteiger partial charge in [0.15, 0.2) is 0 Å². The van der Waals surface area contributed by atoms with E-state index in [4.69, 9.17) is 4.74 Å². The number of ether oxygens (including phenoxy) is 1. The Morgan fingerprint density at radius 3 is 2.32 bits per heavy atom. The predicted octanol–water partition coefficient (Wildman–Crippen LogP) is 4.26. The van der Waals surface area contributed by atoms with E-state index in [9.17, 15) is 4.79 Å². The lowest BCUT2D eigenvalue weighted by atomic mass is 10.00. The molecule has 2 aromatic carbocycles. The van der Waals surface area contributed by atoms with Gasteiger partial charge < -0.3 is 9.64 Å². The Kier molecular flexibility index (Phi) is 6.87. The highest BCUT2D eigenvalue weighted by Crippen LogP contribution is 2.25. The lowest BCUT2D eigenvalue weighted by Gasteiger charge is -2.38. The number of methoxy groups -OCH3 is 1. The van der Waals surface area contributed by atoms with Crippen molar-refractivity contribution in [1.29, 1.82) is 0 Å². The van der Waals surface area contributed by atoms with E-state index in [1.807, 2.05) is 17.0 Å². The van der Waals surface area contributed by atoms with E-state index >= 15 is 0 Å². The van der Waals surface area contributed by atoms with E-state index < -0.39 is 0 Å². The summed E-state index contributed by atoms with van der Waals surface area (Å²) in [5, 5.41) is 0. The maximum Gasteiger partial charge on any atom is 0.253 e. The van der Waals surface area contributed by atoms with Crippen LogP contribution in [0.4, 0.5) is 5.69 Å². The Balaban J connectivity index is 1.66. The van der Waals surface area contributed by atoms with E-state index in [-0.39, 0.29) is 18.6 Å². The van der Waals surface area contributed by atoms with Crippen LogP contribution in [0.1, 0.15) is 35.1 Å².